The van der Waals surface area contributed by atoms with Crippen molar-refractivity contribution in [3.8, 4) is 11.4 Å². The fourth-order valence-electron chi connectivity index (χ4n) is 2.81. The van der Waals surface area contributed by atoms with Crippen molar-refractivity contribution in [2.45, 2.75) is 25.8 Å². The largest absolute Gasteiger partial charge is 0.481 e. The van der Waals surface area contributed by atoms with Crippen LogP contribution in [-0.2, 0) is 11.3 Å². The van der Waals surface area contributed by atoms with Crippen molar-refractivity contribution in [2.75, 3.05) is 6.54 Å². The summed E-state index contributed by atoms with van der Waals surface area (Å²) in [4.78, 5) is 15.4. The number of hydrogen-bond donors (Lipinski definition) is 2. The fraction of sp³-hybridized carbons (Fsp3) is 0.500. The van der Waals surface area contributed by atoms with Gasteiger partial charge >= 0.3 is 5.97 Å². The topological polar surface area (TPSA) is 88.2 Å². The van der Waals surface area contributed by atoms with E-state index in [0.29, 0.717) is 24.8 Å². The molecule has 7 heteroatoms. The van der Waals surface area contributed by atoms with Crippen LogP contribution in [0.5, 0.6) is 0 Å². The Kier molecular flexibility index (Phi) is 4.31. The van der Waals surface area contributed by atoms with Gasteiger partial charge in [-0.3, -0.25) is 4.79 Å². The first-order chi connectivity index (χ1) is 10.2. The number of aliphatic carboxylic acids is 1. The number of carboxylic acids is 1. The number of aromatic nitrogens is 2. The van der Waals surface area contributed by atoms with Gasteiger partial charge in [-0.05, 0) is 36.8 Å². The van der Waals surface area contributed by atoms with Gasteiger partial charge in [-0.2, -0.15) is 16.3 Å². The summed E-state index contributed by atoms with van der Waals surface area (Å²) in [5, 5.41) is 20.2. The zero-order valence-corrected chi connectivity index (χ0v) is 12.3. The number of nitrogens with zero attached hydrogens (tertiary/aromatic N) is 2. The number of thiophene rings is 1. The average molecular weight is 307 g/mol. The molecule has 0 bridgehead atoms. The van der Waals surface area contributed by atoms with Crippen molar-refractivity contribution < 1.29 is 14.4 Å². The van der Waals surface area contributed by atoms with Crippen molar-refractivity contribution in [1.82, 2.24) is 15.5 Å². The minimum atomic E-state index is -0.683. The molecule has 1 saturated carbocycles. The van der Waals surface area contributed by atoms with Gasteiger partial charge in [0.2, 0.25) is 11.7 Å². The molecule has 21 heavy (non-hydrogen) atoms. The molecule has 2 heterocycles. The van der Waals surface area contributed by atoms with Crippen LogP contribution in [0.15, 0.2) is 21.3 Å². The van der Waals surface area contributed by atoms with Gasteiger partial charge in [0.05, 0.1) is 12.5 Å². The molecule has 0 radical (unpaired) electrons. The highest BCUT2D eigenvalue weighted by Gasteiger charge is 2.32. The lowest BCUT2D eigenvalue weighted by Crippen LogP contribution is -2.28. The molecule has 2 unspecified atom stereocenters. The Morgan fingerprint density at radius 2 is 2.43 bits per heavy atom. The third-order valence-electron chi connectivity index (χ3n) is 3.91. The Bertz CT molecular complexity index is 596. The summed E-state index contributed by atoms with van der Waals surface area (Å²) < 4.78 is 5.19. The van der Waals surface area contributed by atoms with Gasteiger partial charge in [-0.15, -0.1) is 0 Å². The summed E-state index contributed by atoms with van der Waals surface area (Å²) in [5.74, 6) is 0.415. The molecule has 0 spiro atoms. The van der Waals surface area contributed by atoms with Crippen molar-refractivity contribution in [2.24, 2.45) is 11.8 Å². The predicted molar refractivity (Wildman–Crippen MR) is 77.8 cm³/mol. The highest BCUT2D eigenvalue weighted by molar-refractivity contribution is 7.08. The second kappa shape index (κ2) is 6.36. The number of carboxylic acid groups (broad SMARTS) is 1. The van der Waals surface area contributed by atoms with E-state index in [1.54, 1.807) is 11.3 Å². The maximum atomic E-state index is 11.1. The highest BCUT2D eigenvalue weighted by atomic mass is 32.1. The first kappa shape index (κ1) is 14.2. The summed E-state index contributed by atoms with van der Waals surface area (Å²) in [7, 11) is 0. The summed E-state index contributed by atoms with van der Waals surface area (Å²) >= 11 is 1.59. The number of hydrogen-bond acceptors (Lipinski definition) is 6. The van der Waals surface area contributed by atoms with E-state index in [9.17, 15) is 4.79 Å². The average Bonchev–Trinajstić information content (AvgIpc) is 3.20. The zero-order chi connectivity index (χ0) is 14.7. The van der Waals surface area contributed by atoms with E-state index in [-0.39, 0.29) is 11.8 Å². The second-order valence-corrected chi connectivity index (χ2v) is 6.07. The van der Waals surface area contributed by atoms with E-state index in [1.165, 1.54) is 0 Å². The quantitative estimate of drug-likeness (QED) is 0.852. The zero-order valence-electron chi connectivity index (χ0n) is 11.5. The molecule has 2 N–H and O–H groups in total. The maximum Gasteiger partial charge on any atom is 0.306 e. The van der Waals surface area contributed by atoms with Gasteiger partial charge in [0.25, 0.3) is 0 Å². The molecule has 3 rings (SSSR count). The fourth-order valence-corrected chi connectivity index (χ4v) is 3.44. The molecule has 1 fully saturated rings. The van der Waals surface area contributed by atoms with E-state index >= 15 is 0 Å². The summed E-state index contributed by atoms with van der Waals surface area (Å²) in [6.07, 6.45) is 2.74. The van der Waals surface area contributed by atoms with Crippen LogP contribution in [0.25, 0.3) is 11.4 Å². The van der Waals surface area contributed by atoms with E-state index < -0.39 is 5.97 Å². The van der Waals surface area contributed by atoms with Crippen LogP contribution in [0.4, 0.5) is 0 Å². The van der Waals surface area contributed by atoms with Crippen LogP contribution in [0.1, 0.15) is 25.2 Å². The highest BCUT2D eigenvalue weighted by Crippen LogP contribution is 2.31. The van der Waals surface area contributed by atoms with Gasteiger partial charge in [0.1, 0.15) is 0 Å². The molecule has 2 aromatic heterocycles. The van der Waals surface area contributed by atoms with E-state index in [1.807, 2.05) is 16.8 Å². The molecule has 2 aromatic rings. The monoisotopic (exact) mass is 307 g/mol. The van der Waals surface area contributed by atoms with Crippen LogP contribution >= 0.6 is 11.3 Å². The molecule has 1 aliphatic rings. The third-order valence-corrected chi connectivity index (χ3v) is 4.59. The second-order valence-electron chi connectivity index (χ2n) is 5.29. The van der Waals surface area contributed by atoms with Gasteiger partial charge < -0.3 is 14.9 Å². The van der Waals surface area contributed by atoms with Crippen LogP contribution < -0.4 is 5.32 Å². The van der Waals surface area contributed by atoms with Crippen molar-refractivity contribution >= 4 is 17.3 Å². The van der Waals surface area contributed by atoms with Gasteiger partial charge in [-0.1, -0.05) is 11.6 Å². The molecule has 1 aliphatic carbocycles. The maximum absolute atomic E-state index is 11.1. The number of carbonyl (C=O) groups is 1. The number of rotatable bonds is 6. The summed E-state index contributed by atoms with van der Waals surface area (Å²) in [6, 6.07) is 1.95. The van der Waals surface area contributed by atoms with E-state index in [2.05, 4.69) is 15.5 Å². The molecular weight excluding hydrogens is 290 g/mol. The van der Waals surface area contributed by atoms with Crippen LogP contribution in [0.3, 0.4) is 0 Å². The lowest BCUT2D eigenvalue weighted by Gasteiger charge is -2.15. The number of nitrogens with one attached hydrogen (secondary N) is 1. The lowest BCUT2D eigenvalue weighted by atomic mass is 9.96. The van der Waals surface area contributed by atoms with Crippen LogP contribution in [-0.4, -0.2) is 27.8 Å². The lowest BCUT2D eigenvalue weighted by molar-refractivity contribution is -0.142. The Balaban J connectivity index is 1.51. The van der Waals surface area contributed by atoms with E-state index in [4.69, 9.17) is 9.63 Å². The van der Waals surface area contributed by atoms with Crippen molar-refractivity contribution in [1.29, 1.82) is 0 Å². The SMILES string of the molecule is O=C(O)C1CCCC1CNCc1nc(-c2ccsc2)no1. The molecule has 0 amide bonds. The van der Waals surface area contributed by atoms with Gasteiger partial charge in [-0.25, -0.2) is 0 Å². The Morgan fingerprint density at radius 3 is 3.19 bits per heavy atom. The van der Waals surface area contributed by atoms with E-state index in [0.717, 1.165) is 24.8 Å². The van der Waals surface area contributed by atoms with Gasteiger partial charge in [0.15, 0.2) is 0 Å². The first-order valence-corrected chi connectivity index (χ1v) is 7.97. The molecule has 0 aliphatic heterocycles. The molecule has 112 valence electrons. The summed E-state index contributed by atoms with van der Waals surface area (Å²) in [6.45, 7) is 1.15. The van der Waals surface area contributed by atoms with Crippen molar-refractivity contribution in [3.05, 3.63) is 22.7 Å². The molecule has 0 aromatic carbocycles. The van der Waals surface area contributed by atoms with Crippen LogP contribution in [0, 0.1) is 11.8 Å². The Hall–Kier alpha value is -1.73. The molecule has 0 saturated heterocycles. The minimum Gasteiger partial charge on any atom is -0.481 e. The third kappa shape index (κ3) is 3.30. The minimum absolute atomic E-state index is 0.196. The Morgan fingerprint density at radius 1 is 1.52 bits per heavy atom. The summed E-state index contributed by atoms with van der Waals surface area (Å²) in [5.41, 5.74) is 0.955. The Labute approximate surface area is 126 Å². The first-order valence-electron chi connectivity index (χ1n) is 7.02. The molecule has 6 nitrogen and oxygen atoms in total. The van der Waals surface area contributed by atoms with Crippen molar-refractivity contribution in [3.63, 3.8) is 0 Å². The normalized spacial score (nSPS) is 21.7. The molecule has 2 atom stereocenters. The smallest absolute Gasteiger partial charge is 0.306 e. The van der Waals surface area contributed by atoms with Gasteiger partial charge in [0, 0.05) is 10.9 Å². The van der Waals surface area contributed by atoms with Crippen LogP contribution in [0.2, 0.25) is 0 Å². The predicted octanol–water partition coefficient (Wildman–Crippen LogP) is 2.39. The molecular formula is C14H17N3O3S. The standard InChI is InChI=1S/C14H17N3O3S/c18-14(19)11-3-1-2-9(11)6-15-7-12-16-13(17-20-12)10-4-5-21-8-10/h4-5,8-9,11,15H,1-3,6-7H2,(H,18,19).